The molecule has 0 heterocycles. The number of hydrogen-bond acceptors (Lipinski definition) is 3. The number of amides is 1. The van der Waals surface area contributed by atoms with E-state index >= 15 is 0 Å². The van der Waals surface area contributed by atoms with Gasteiger partial charge in [0.25, 0.3) is 0 Å². The van der Waals surface area contributed by atoms with Gasteiger partial charge in [-0.3, -0.25) is 9.10 Å². The highest BCUT2D eigenvalue weighted by Crippen LogP contribution is 1.99. The smallest absolute Gasteiger partial charge is 0.228 e. The number of carbonyl (C=O) groups is 1. The van der Waals surface area contributed by atoms with Crippen LogP contribution in [0.15, 0.2) is 0 Å². The first-order valence-corrected chi connectivity index (χ1v) is 3.15. The average molecular weight is 171 g/mol. The van der Waals surface area contributed by atoms with Crippen molar-refractivity contribution in [2.45, 2.75) is 0 Å². The molecule has 0 saturated carbocycles. The molecule has 9 heavy (non-hydrogen) atoms. The first-order chi connectivity index (χ1) is 3.63. The maximum atomic E-state index is 10.1. The molecule has 56 valence electrons. The molecule has 0 aliphatic rings. The molecule has 0 aromatic rings. The number of hydrogen-bond donors (Lipinski definition) is 1. The molecule has 0 radical (unpaired) electrons. The van der Waals surface area contributed by atoms with Gasteiger partial charge in [0.1, 0.15) is 0 Å². The summed E-state index contributed by atoms with van der Waals surface area (Å²) in [5.41, 5.74) is 4.85. The van der Waals surface area contributed by atoms with Gasteiger partial charge in [-0.1, -0.05) is 11.9 Å². The number of rotatable bonds is 3. The van der Waals surface area contributed by atoms with E-state index in [-0.39, 0.29) is 18.3 Å². The molecule has 0 aliphatic carbocycles. The van der Waals surface area contributed by atoms with Gasteiger partial charge in [-0.05, 0) is 14.1 Å². The Balaban J connectivity index is 0. The van der Waals surface area contributed by atoms with Crippen LogP contribution in [0.2, 0.25) is 0 Å². The molecule has 0 saturated heterocycles. The lowest BCUT2D eigenvalue weighted by molar-refractivity contribution is -0.115. The minimum atomic E-state index is -0.274. The fourth-order valence-corrected chi connectivity index (χ4v) is 0.578. The largest absolute Gasteiger partial charge is 0.369 e. The van der Waals surface area contributed by atoms with Crippen molar-refractivity contribution >= 4 is 30.3 Å². The number of nitrogens with two attached hydrogens (primary N) is 1. The molecule has 0 fully saturated rings. The van der Waals surface area contributed by atoms with Gasteiger partial charge >= 0.3 is 0 Å². The summed E-state index contributed by atoms with van der Waals surface area (Å²) in [6, 6.07) is 0. The van der Waals surface area contributed by atoms with Crippen LogP contribution in [-0.2, 0) is 4.79 Å². The van der Waals surface area contributed by atoms with E-state index in [2.05, 4.69) is 0 Å². The Hall–Kier alpha value is 0.0700. The van der Waals surface area contributed by atoms with Crippen molar-refractivity contribution in [1.29, 1.82) is 0 Å². The molecule has 2 N–H and O–H groups in total. The third kappa shape index (κ3) is 11.6. The Bertz CT molecular complexity index is 88.6. The van der Waals surface area contributed by atoms with Crippen LogP contribution in [0.4, 0.5) is 0 Å². The average Bonchev–Trinajstić information content (AvgIpc) is 1.61. The van der Waals surface area contributed by atoms with Crippen molar-refractivity contribution in [3.05, 3.63) is 0 Å². The molecule has 0 bridgehead atoms. The van der Waals surface area contributed by atoms with E-state index in [1.807, 2.05) is 18.4 Å². The Labute approximate surface area is 65.5 Å². The van der Waals surface area contributed by atoms with Crippen LogP contribution in [-0.4, -0.2) is 30.1 Å². The zero-order valence-electron chi connectivity index (χ0n) is 5.46. The normalized spacial score (nSPS) is 8.78. The van der Waals surface area contributed by atoms with Crippen LogP contribution in [0.25, 0.3) is 0 Å². The van der Waals surface area contributed by atoms with Crippen molar-refractivity contribution in [3.63, 3.8) is 0 Å². The molecule has 0 atom stereocenters. The van der Waals surface area contributed by atoms with Crippen LogP contribution < -0.4 is 5.73 Å². The molecule has 0 spiro atoms. The van der Waals surface area contributed by atoms with Crippen LogP contribution >= 0.6 is 24.4 Å². The fourth-order valence-electron chi connectivity index (χ4n) is 0.193. The van der Waals surface area contributed by atoms with Gasteiger partial charge in [0.2, 0.25) is 5.91 Å². The van der Waals surface area contributed by atoms with E-state index in [4.69, 9.17) is 5.73 Å². The van der Waals surface area contributed by atoms with Crippen molar-refractivity contribution in [2.24, 2.45) is 5.73 Å². The van der Waals surface area contributed by atoms with Crippen molar-refractivity contribution < 1.29 is 4.79 Å². The van der Waals surface area contributed by atoms with E-state index in [9.17, 15) is 4.79 Å². The summed E-state index contributed by atoms with van der Waals surface area (Å²) in [4.78, 5) is 10.1. The van der Waals surface area contributed by atoms with Gasteiger partial charge in [0, 0.05) is 0 Å². The SMILES string of the molecule is CN(C)SCC(N)=O.Cl. The lowest BCUT2D eigenvalue weighted by Crippen LogP contribution is -2.16. The van der Waals surface area contributed by atoms with Crippen molar-refractivity contribution in [3.8, 4) is 0 Å². The van der Waals surface area contributed by atoms with E-state index in [0.29, 0.717) is 5.75 Å². The maximum absolute atomic E-state index is 10.1. The van der Waals surface area contributed by atoms with Crippen molar-refractivity contribution in [2.75, 3.05) is 19.8 Å². The Morgan fingerprint density at radius 1 is 1.67 bits per heavy atom. The van der Waals surface area contributed by atoms with Crippen LogP contribution in [0, 0.1) is 0 Å². The molecule has 5 heteroatoms. The molecular formula is C4H11ClN2OS. The van der Waals surface area contributed by atoms with E-state index in [1.165, 1.54) is 11.9 Å². The molecule has 3 nitrogen and oxygen atoms in total. The molecular weight excluding hydrogens is 160 g/mol. The predicted molar refractivity (Wildman–Crippen MR) is 42.6 cm³/mol. The summed E-state index contributed by atoms with van der Waals surface area (Å²) in [6.07, 6.45) is 0. The number of primary amides is 1. The summed E-state index contributed by atoms with van der Waals surface area (Å²) in [5.74, 6) is 0.0937. The van der Waals surface area contributed by atoms with Crippen LogP contribution in [0.3, 0.4) is 0 Å². The second-order valence-corrected chi connectivity index (χ2v) is 2.83. The van der Waals surface area contributed by atoms with Gasteiger partial charge in [-0.15, -0.1) is 12.4 Å². The Morgan fingerprint density at radius 2 is 2.11 bits per heavy atom. The summed E-state index contributed by atoms with van der Waals surface area (Å²) < 4.78 is 1.84. The minimum Gasteiger partial charge on any atom is -0.369 e. The van der Waals surface area contributed by atoms with Gasteiger partial charge in [0.05, 0.1) is 5.75 Å². The molecule has 0 rings (SSSR count). The second kappa shape index (κ2) is 6.19. The second-order valence-electron chi connectivity index (χ2n) is 1.55. The van der Waals surface area contributed by atoms with Crippen molar-refractivity contribution in [1.82, 2.24) is 4.31 Å². The third-order valence-corrected chi connectivity index (χ3v) is 1.40. The highest BCUT2D eigenvalue weighted by Gasteiger charge is 1.93. The van der Waals surface area contributed by atoms with Gasteiger partial charge < -0.3 is 5.73 Å². The lowest BCUT2D eigenvalue weighted by Gasteiger charge is -2.04. The van der Waals surface area contributed by atoms with E-state index in [1.54, 1.807) is 0 Å². The Morgan fingerprint density at radius 3 is 2.22 bits per heavy atom. The first kappa shape index (κ1) is 11.8. The molecule has 1 amide bonds. The number of carbonyl (C=O) groups excluding carboxylic acids is 1. The molecule has 0 aromatic heterocycles. The molecule has 0 aliphatic heterocycles. The molecule has 0 unspecified atom stereocenters. The first-order valence-electron chi connectivity index (χ1n) is 2.21. The van der Waals surface area contributed by atoms with Gasteiger partial charge in [-0.2, -0.15) is 0 Å². The van der Waals surface area contributed by atoms with E-state index in [0.717, 1.165) is 0 Å². The van der Waals surface area contributed by atoms with E-state index < -0.39 is 0 Å². The highest BCUT2D eigenvalue weighted by molar-refractivity contribution is 7.97. The maximum Gasteiger partial charge on any atom is 0.228 e. The third-order valence-electron chi connectivity index (χ3n) is 0.465. The zero-order chi connectivity index (χ0) is 6.57. The number of halogens is 1. The predicted octanol–water partition coefficient (Wildman–Crippen LogP) is 0.103. The summed E-state index contributed by atoms with van der Waals surface area (Å²) in [5, 5.41) is 0. The topological polar surface area (TPSA) is 46.3 Å². The summed E-state index contributed by atoms with van der Waals surface area (Å²) >= 11 is 1.40. The summed E-state index contributed by atoms with van der Waals surface area (Å²) in [7, 11) is 3.74. The summed E-state index contributed by atoms with van der Waals surface area (Å²) in [6.45, 7) is 0. The molecule has 0 aromatic carbocycles. The van der Waals surface area contributed by atoms with Crippen LogP contribution in [0.5, 0.6) is 0 Å². The monoisotopic (exact) mass is 170 g/mol. The lowest BCUT2D eigenvalue weighted by atomic mass is 10.8. The van der Waals surface area contributed by atoms with Crippen LogP contribution in [0.1, 0.15) is 0 Å². The quantitative estimate of drug-likeness (QED) is 0.612. The zero-order valence-corrected chi connectivity index (χ0v) is 7.09. The Kier molecular flexibility index (Phi) is 8.13. The number of nitrogens with zero attached hydrogens (tertiary/aromatic N) is 1. The van der Waals surface area contributed by atoms with Gasteiger partial charge in [-0.25, -0.2) is 0 Å². The minimum absolute atomic E-state index is 0. The highest BCUT2D eigenvalue weighted by atomic mass is 35.5. The van der Waals surface area contributed by atoms with Gasteiger partial charge in [0.15, 0.2) is 0 Å². The fraction of sp³-hybridized carbons (Fsp3) is 0.750. The standard InChI is InChI=1S/C4H10N2OS.ClH/c1-6(2)8-3-4(5)7;/h3H2,1-2H3,(H2,5,7);1H.